The van der Waals surface area contributed by atoms with E-state index in [0.29, 0.717) is 25.7 Å². The molecule has 0 spiro atoms. The Morgan fingerprint density at radius 3 is 0.895 bits per heavy atom. The minimum atomic E-state index is -0.804. The summed E-state index contributed by atoms with van der Waals surface area (Å²) in [6, 6.07) is 0. The molecular weight excluding hydrogens is 937 g/mol. The average molecular weight is 1050 g/mol. The first-order chi connectivity index (χ1) is 37.5. The predicted octanol–water partition coefficient (Wildman–Crippen LogP) is 21.6. The van der Waals surface area contributed by atoms with E-state index >= 15 is 0 Å². The van der Waals surface area contributed by atoms with Crippen LogP contribution in [0.2, 0.25) is 0 Å². The van der Waals surface area contributed by atoms with Gasteiger partial charge in [0, 0.05) is 19.3 Å². The molecule has 0 aromatic rings. The topological polar surface area (TPSA) is 78.9 Å². The van der Waals surface area contributed by atoms with E-state index in [1.165, 1.54) is 116 Å². The fraction of sp³-hybridized carbons (Fsp3) is 0.671. The second kappa shape index (κ2) is 63.3. The van der Waals surface area contributed by atoms with E-state index in [0.717, 1.165) is 122 Å². The minimum Gasteiger partial charge on any atom is -0.462 e. The molecule has 0 saturated heterocycles. The first-order valence-corrected chi connectivity index (χ1v) is 31.5. The molecule has 0 N–H and O–H groups in total. The van der Waals surface area contributed by atoms with Crippen LogP contribution in [0.15, 0.2) is 122 Å². The molecule has 1 unspecified atom stereocenters. The highest BCUT2D eigenvalue weighted by molar-refractivity contribution is 5.71. The number of hydrogen-bond donors (Lipinski definition) is 0. The van der Waals surface area contributed by atoms with Gasteiger partial charge in [0.2, 0.25) is 0 Å². The van der Waals surface area contributed by atoms with Crippen LogP contribution in [-0.4, -0.2) is 37.2 Å². The van der Waals surface area contributed by atoms with Crippen molar-refractivity contribution in [1.29, 1.82) is 0 Å². The van der Waals surface area contributed by atoms with Crippen LogP contribution in [0.1, 0.15) is 284 Å². The summed E-state index contributed by atoms with van der Waals surface area (Å²) in [5, 5.41) is 0. The van der Waals surface area contributed by atoms with Crippen molar-refractivity contribution in [3.8, 4) is 0 Å². The van der Waals surface area contributed by atoms with Crippen molar-refractivity contribution in [2.75, 3.05) is 13.2 Å². The molecule has 0 aromatic carbocycles. The van der Waals surface area contributed by atoms with Gasteiger partial charge in [-0.1, -0.05) is 258 Å². The number of carbonyl (C=O) groups excluding carboxylic acids is 3. The maximum absolute atomic E-state index is 12.9. The second-order valence-corrected chi connectivity index (χ2v) is 20.6. The Kier molecular flexibility index (Phi) is 59.9. The zero-order valence-electron chi connectivity index (χ0n) is 49.5. The normalized spacial score (nSPS) is 12.9. The number of esters is 3. The van der Waals surface area contributed by atoms with E-state index in [4.69, 9.17) is 14.2 Å². The van der Waals surface area contributed by atoms with Crippen LogP contribution < -0.4 is 0 Å². The third-order valence-electron chi connectivity index (χ3n) is 13.2. The molecule has 0 aliphatic rings. The maximum atomic E-state index is 12.9. The summed E-state index contributed by atoms with van der Waals surface area (Å²) in [6.45, 7) is 6.43. The zero-order chi connectivity index (χ0) is 55.0. The molecule has 0 amide bonds. The van der Waals surface area contributed by atoms with Crippen LogP contribution in [-0.2, 0) is 28.6 Å². The number of rotatable bonds is 56. The van der Waals surface area contributed by atoms with Gasteiger partial charge in [0.05, 0.1) is 0 Å². The van der Waals surface area contributed by atoms with Crippen LogP contribution in [0.3, 0.4) is 0 Å². The molecule has 0 saturated carbocycles. The van der Waals surface area contributed by atoms with Gasteiger partial charge in [0.1, 0.15) is 13.2 Å². The van der Waals surface area contributed by atoms with E-state index in [9.17, 15) is 14.4 Å². The quantitative estimate of drug-likeness (QED) is 0.0261. The second-order valence-electron chi connectivity index (χ2n) is 20.6. The smallest absolute Gasteiger partial charge is 0.306 e. The minimum absolute atomic E-state index is 0.0990. The Morgan fingerprint density at radius 2 is 0.539 bits per heavy atom. The Morgan fingerprint density at radius 1 is 0.276 bits per heavy atom. The van der Waals surface area contributed by atoms with E-state index in [1.807, 2.05) is 0 Å². The average Bonchev–Trinajstić information content (AvgIpc) is 3.42. The number of allylic oxidation sites excluding steroid dienone is 20. The van der Waals surface area contributed by atoms with Crippen LogP contribution in [0, 0.1) is 0 Å². The van der Waals surface area contributed by atoms with Crippen molar-refractivity contribution in [3.05, 3.63) is 122 Å². The summed E-state index contributed by atoms with van der Waals surface area (Å²) in [6.07, 6.45) is 87.8. The van der Waals surface area contributed by atoms with Crippen molar-refractivity contribution in [3.63, 3.8) is 0 Å². The number of hydrogen-bond acceptors (Lipinski definition) is 6. The highest BCUT2D eigenvalue weighted by atomic mass is 16.6. The molecule has 6 heteroatoms. The van der Waals surface area contributed by atoms with Gasteiger partial charge in [-0.3, -0.25) is 14.4 Å². The highest BCUT2D eigenvalue weighted by Gasteiger charge is 2.19. The summed E-state index contributed by atoms with van der Waals surface area (Å²) in [4.78, 5) is 38.2. The molecule has 0 aliphatic heterocycles. The summed E-state index contributed by atoms with van der Waals surface area (Å²) >= 11 is 0. The highest BCUT2D eigenvalue weighted by Crippen LogP contribution is 2.15. The van der Waals surface area contributed by atoms with Crippen LogP contribution in [0.25, 0.3) is 0 Å². The molecule has 0 aliphatic carbocycles. The summed E-state index contributed by atoms with van der Waals surface area (Å²) in [7, 11) is 0. The van der Waals surface area contributed by atoms with Crippen molar-refractivity contribution >= 4 is 17.9 Å². The van der Waals surface area contributed by atoms with Crippen LogP contribution >= 0.6 is 0 Å². The van der Waals surface area contributed by atoms with Crippen LogP contribution in [0.4, 0.5) is 0 Å². The van der Waals surface area contributed by atoms with Gasteiger partial charge in [0.25, 0.3) is 0 Å². The zero-order valence-corrected chi connectivity index (χ0v) is 49.5. The number of unbranched alkanes of at least 4 members (excludes halogenated alkanes) is 25. The van der Waals surface area contributed by atoms with E-state index in [-0.39, 0.29) is 31.1 Å². The third-order valence-corrected chi connectivity index (χ3v) is 13.2. The van der Waals surface area contributed by atoms with E-state index in [1.54, 1.807) is 0 Å². The Balaban J connectivity index is 4.37. The largest absolute Gasteiger partial charge is 0.462 e. The first-order valence-electron chi connectivity index (χ1n) is 31.5. The number of carbonyl (C=O) groups is 3. The molecule has 0 rings (SSSR count). The van der Waals surface area contributed by atoms with Gasteiger partial charge >= 0.3 is 17.9 Å². The molecule has 1 atom stereocenters. The molecule has 0 radical (unpaired) electrons. The lowest BCUT2D eigenvalue weighted by Gasteiger charge is -2.18. The first kappa shape index (κ1) is 71.8. The third kappa shape index (κ3) is 60.7. The van der Waals surface area contributed by atoms with Gasteiger partial charge < -0.3 is 14.2 Å². The lowest BCUT2D eigenvalue weighted by molar-refractivity contribution is -0.167. The fourth-order valence-electron chi connectivity index (χ4n) is 8.46. The predicted molar refractivity (Wildman–Crippen MR) is 330 cm³/mol. The summed E-state index contributed by atoms with van der Waals surface area (Å²) < 4.78 is 16.8. The maximum Gasteiger partial charge on any atom is 0.306 e. The molecule has 6 nitrogen and oxygen atoms in total. The van der Waals surface area contributed by atoms with Crippen molar-refractivity contribution in [2.24, 2.45) is 0 Å². The Hall–Kier alpha value is -4.19. The van der Waals surface area contributed by atoms with Gasteiger partial charge in [0.15, 0.2) is 6.10 Å². The standard InChI is InChI=1S/C70H116O6/c1-4-7-10-13-16-19-22-24-26-28-30-32-33-34-35-36-37-39-40-42-44-46-48-51-54-57-60-63-69(72)75-66-67(65-74-68(71)62-59-56-53-50-21-18-15-12-9-6-3)76-70(73)64-61-58-55-52-49-47-45-43-41-38-31-29-27-25-23-20-17-14-11-8-5-2/h7,10,12,15-16,19,24,26,29-32,34-35,37,39,42,44,48,51,67H,4-6,8-9,11,13-14,17-18,20-23,25,27-28,33,36,38,40-41,43,45-47,49-50,52-66H2,1-3H3/b10-7-,15-12-,19-16-,26-24-,31-29-,32-30-,35-34-,39-37-,44-42-,51-48-. The van der Waals surface area contributed by atoms with Crippen molar-refractivity contribution in [1.82, 2.24) is 0 Å². The van der Waals surface area contributed by atoms with Gasteiger partial charge in [-0.25, -0.2) is 0 Å². The summed E-state index contributed by atoms with van der Waals surface area (Å²) in [5.74, 6) is -0.955. The molecule has 0 heterocycles. The van der Waals surface area contributed by atoms with Crippen molar-refractivity contribution < 1.29 is 28.6 Å². The number of ether oxygens (including phenoxy) is 3. The SMILES string of the molecule is CC/C=C\C/C=C\C/C=C\C/C=C\C/C=C\C/C=C\C/C=C\C/C=C\CCCCC(=O)OCC(COC(=O)CCCCCCC/C=C\CCC)OC(=O)CCCCCCCCCCC/C=C\CCCCCCCCCC. The molecule has 0 fully saturated rings. The Labute approximate surface area is 469 Å². The molecule has 0 bridgehead atoms. The Bertz CT molecular complexity index is 1590. The monoisotopic (exact) mass is 1050 g/mol. The van der Waals surface area contributed by atoms with E-state index < -0.39 is 6.10 Å². The molecule has 76 heavy (non-hydrogen) atoms. The lowest BCUT2D eigenvalue weighted by Crippen LogP contribution is -2.30. The molecular formula is C70H116O6. The van der Waals surface area contributed by atoms with Gasteiger partial charge in [-0.15, -0.1) is 0 Å². The fourth-order valence-corrected chi connectivity index (χ4v) is 8.46. The molecule has 432 valence electrons. The van der Waals surface area contributed by atoms with Gasteiger partial charge in [-0.05, 0) is 128 Å². The van der Waals surface area contributed by atoms with Crippen LogP contribution in [0.5, 0.6) is 0 Å². The lowest BCUT2D eigenvalue weighted by atomic mass is 10.1. The molecule has 0 aromatic heterocycles. The van der Waals surface area contributed by atoms with Crippen molar-refractivity contribution in [2.45, 2.75) is 290 Å². The van der Waals surface area contributed by atoms with Gasteiger partial charge in [-0.2, -0.15) is 0 Å². The van der Waals surface area contributed by atoms with E-state index in [2.05, 4.69) is 142 Å². The summed E-state index contributed by atoms with van der Waals surface area (Å²) in [5.41, 5.74) is 0.